The van der Waals surface area contributed by atoms with Gasteiger partial charge in [-0.2, -0.15) is 0 Å². The summed E-state index contributed by atoms with van der Waals surface area (Å²) in [6.45, 7) is 10.2. The Morgan fingerprint density at radius 2 is 1.92 bits per heavy atom. The van der Waals surface area contributed by atoms with Crippen LogP contribution in [-0.2, 0) is 14.3 Å². The third-order valence-corrected chi connectivity index (χ3v) is 6.43. The zero-order valence-electron chi connectivity index (χ0n) is 22.8. The van der Waals surface area contributed by atoms with Gasteiger partial charge in [-0.1, -0.05) is 73.6 Å². The number of aliphatic hydroxyl groups is 2. The van der Waals surface area contributed by atoms with Crippen LogP contribution >= 0.6 is 0 Å². The van der Waals surface area contributed by atoms with Gasteiger partial charge >= 0.3 is 5.97 Å². The Labute approximate surface area is 217 Å². The molecule has 0 aromatic carbocycles. The predicted molar refractivity (Wildman–Crippen MR) is 146 cm³/mol. The van der Waals surface area contributed by atoms with Gasteiger partial charge in [0.2, 0.25) is 0 Å². The summed E-state index contributed by atoms with van der Waals surface area (Å²) >= 11 is 0. The van der Waals surface area contributed by atoms with E-state index in [1.807, 2.05) is 51.2 Å². The molecule has 7 heteroatoms. The largest absolute Gasteiger partial charge is 0.469 e. The van der Waals surface area contributed by atoms with E-state index in [2.05, 4.69) is 30.7 Å². The molecule has 0 radical (unpaired) electrons. The third-order valence-electron chi connectivity index (χ3n) is 6.43. The first kappa shape index (κ1) is 32.0. The summed E-state index contributed by atoms with van der Waals surface area (Å²) in [7, 11) is 1.32. The average molecular weight is 505 g/mol. The molecule has 8 atom stereocenters. The van der Waals surface area contributed by atoms with Crippen molar-refractivity contribution in [2.45, 2.75) is 96.8 Å². The summed E-state index contributed by atoms with van der Waals surface area (Å²) < 4.78 is 10.7. The van der Waals surface area contributed by atoms with Crippen molar-refractivity contribution in [3.63, 3.8) is 0 Å². The Balaban J connectivity index is 2.56. The van der Waals surface area contributed by atoms with Crippen molar-refractivity contribution in [3.05, 3.63) is 59.8 Å². The number of methoxy groups -OCH3 is 1. The molecule has 1 aliphatic heterocycles. The van der Waals surface area contributed by atoms with Crippen molar-refractivity contribution in [2.24, 2.45) is 23.3 Å². The van der Waals surface area contributed by atoms with Crippen LogP contribution in [0.25, 0.3) is 0 Å². The molecule has 36 heavy (non-hydrogen) atoms. The summed E-state index contributed by atoms with van der Waals surface area (Å²) in [6.07, 6.45) is 15.9. The van der Waals surface area contributed by atoms with Crippen LogP contribution in [0.2, 0.25) is 0 Å². The lowest BCUT2D eigenvalue weighted by molar-refractivity contribution is -0.141. The number of ether oxygens (including phenoxy) is 2. The maximum absolute atomic E-state index is 11.3. The van der Waals surface area contributed by atoms with Gasteiger partial charge in [-0.15, -0.1) is 0 Å². The van der Waals surface area contributed by atoms with Crippen LogP contribution in [-0.4, -0.2) is 59.8 Å². The zero-order chi connectivity index (χ0) is 27.3. The number of nitrogens with two attached hydrogens (primary N) is 2. The van der Waals surface area contributed by atoms with Crippen LogP contribution in [0.3, 0.4) is 0 Å². The van der Waals surface area contributed by atoms with E-state index < -0.39 is 18.2 Å². The molecule has 0 bridgehead atoms. The van der Waals surface area contributed by atoms with Gasteiger partial charge < -0.3 is 31.2 Å². The highest BCUT2D eigenvalue weighted by molar-refractivity contribution is 5.69. The van der Waals surface area contributed by atoms with E-state index in [-0.39, 0.29) is 36.6 Å². The molecule has 0 aliphatic carbocycles. The highest BCUT2D eigenvalue weighted by Gasteiger charge is 2.35. The molecule has 1 aliphatic rings. The Bertz CT molecular complexity index is 816. The van der Waals surface area contributed by atoms with Crippen LogP contribution in [0.15, 0.2) is 59.8 Å². The fourth-order valence-corrected chi connectivity index (χ4v) is 4.35. The van der Waals surface area contributed by atoms with E-state index in [1.54, 1.807) is 6.08 Å². The predicted octanol–water partition coefficient (Wildman–Crippen LogP) is 3.72. The number of carbonyl (C=O) groups excluding carboxylic acids is 1. The number of carbonyl (C=O) groups is 1. The first-order valence-corrected chi connectivity index (χ1v) is 12.9. The molecule has 1 rings (SSSR count). The lowest BCUT2D eigenvalue weighted by Crippen LogP contribution is -2.48. The van der Waals surface area contributed by atoms with E-state index in [1.165, 1.54) is 12.7 Å². The van der Waals surface area contributed by atoms with Crippen molar-refractivity contribution < 1.29 is 24.5 Å². The minimum absolute atomic E-state index is 0.0519. The monoisotopic (exact) mass is 504 g/mol. The minimum atomic E-state index is -0.718. The summed E-state index contributed by atoms with van der Waals surface area (Å²) in [5.41, 5.74) is 14.5. The van der Waals surface area contributed by atoms with Crippen molar-refractivity contribution in [3.8, 4) is 0 Å². The average Bonchev–Trinajstić information content (AvgIpc) is 2.80. The van der Waals surface area contributed by atoms with Crippen LogP contribution < -0.4 is 11.5 Å². The van der Waals surface area contributed by atoms with Gasteiger partial charge in [0.15, 0.2) is 0 Å². The SMILES string of the molecule is C/C=C/[C@@H]1O[C@H](C(N)/C=C/C=C(\C)C[C@@H](C)/C=C(C)\C=C\C(O)CC(N)CC(=O)OC)C[C@@H](O)[C@@H]1C. The van der Waals surface area contributed by atoms with Gasteiger partial charge in [-0.3, -0.25) is 4.79 Å². The molecule has 0 aromatic rings. The molecule has 3 unspecified atom stereocenters. The maximum atomic E-state index is 11.3. The smallest absolute Gasteiger partial charge is 0.307 e. The molecule has 0 saturated carbocycles. The van der Waals surface area contributed by atoms with Gasteiger partial charge in [0.1, 0.15) is 0 Å². The van der Waals surface area contributed by atoms with E-state index in [0.29, 0.717) is 18.8 Å². The molecule has 7 nitrogen and oxygen atoms in total. The number of esters is 1. The van der Waals surface area contributed by atoms with Gasteiger partial charge in [-0.05, 0) is 39.5 Å². The fraction of sp³-hybridized carbons (Fsp3) is 0.621. The van der Waals surface area contributed by atoms with E-state index in [4.69, 9.17) is 16.2 Å². The van der Waals surface area contributed by atoms with Crippen LogP contribution in [0.5, 0.6) is 0 Å². The van der Waals surface area contributed by atoms with Crippen molar-refractivity contribution in [1.82, 2.24) is 0 Å². The second-order valence-corrected chi connectivity index (χ2v) is 10.1. The molecular weight excluding hydrogens is 456 g/mol. The standard InChI is InChI=1S/C29H48N2O5/c1-7-9-27-22(5)26(33)18-28(36-27)25(31)11-8-10-19(2)14-21(4)15-20(3)12-13-24(32)16-23(30)17-29(34)35-6/h7-13,15,21-28,32-33H,14,16-18,30-31H2,1-6H3/b9-7+,11-8+,13-12+,19-10+,20-15-/t21-,22+,23?,24?,25?,26-,27+,28+/m1/s1. The number of aliphatic hydroxyl groups excluding tert-OH is 2. The lowest BCUT2D eigenvalue weighted by Gasteiger charge is -2.38. The highest BCUT2D eigenvalue weighted by Crippen LogP contribution is 2.28. The van der Waals surface area contributed by atoms with Gasteiger partial charge in [0.25, 0.3) is 0 Å². The lowest BCUT2D eigenvalue weighted by atomic mass is 9.88. The molecule has 1 heterocycles. The normalized spacial score (nSPS) is 27.5. The Hall–Kier alpha value is -2.03. The van der Waals surface area contributed by atoms with Crippen LogP contribution in [0.4, 0.5) is 0 Å². The van der Waals surface area contributed by atoms with Gasteiger partial charge in [-0.25, -0.2) is 0 Å². The topological polar surface area (TPSA) is 128 Å². The molecule has 1 fully saturated rings. The zero-order valence-corrected chi connectivity index (χ0v) is 22.8. The second kappa shape index (κ2) is 16.7. The maximum Gasteiger partial charge on any atom is 0.307 e. The van der Waals surface area contributed by atoms with Gasteiger partial charge in [0.05, 0.1) is 37.9 Å². The number of hydrogen-bond donors (Lipinski definition) is 4. The Morgan fingerprint density at radius 3 is 2.56 bits per heavy atom. The number of rotatable bonds is 13. The molecule has 1 saturated heterocycles. The molecule has 204 valence electrons. The fourth-order valence-electron chi connectivity index (χ4n) is 4.35. The molecule has 0 spiro atoms. The highest BCUT2D eigenvalue weighted by atomic mass is 16.5. The van der Waals surface area contributed by atoms with E-state index >= 15 is 0 Å². The quantitative estimate of drug-likeness (QED) is 0.171. The number of allylic oxidation sites excluding steroid dienone is 7. The van der Waals surface area contributed by atoms with Crippen molar-refractivity contribution in [1.29, 1.82) is 0 Å². The van der Waals surface area contributed by atoms with E-state index in [9.17, 15) is 15.0 Å². The Morgan fingerprint density at radius 1 is 1.22 bits per heavy atom. The van der Waals surface area contributed by atoms with Crippen molar-refractivity contribution in [2.75, 3.05) is 7.11 Å². The molecular formula is C29H48N2O5. The molecule has 0 aromatic heterocycles. The summed E-state index contributed by atoms with van der Waals surface area (Å²) in [5.74, 6) is -0.0137. The third kappa shape index (κ3) is 12.3. The van der Waals surface area contributed by atoms with E-state index in [0.717, 1.165) is 12.0 Å². The first-order valence-electron chi connectivity index (χ1n) is 12.9. The second-order valence-electron chi connectivity index (χ2n) is 10.1. The van der Waals surface area contributed by atoms with Gasteiger partial charge in [0, 0.05) is 24.4 Å². The van der Waals surface area contributed by atoms with Crippen LogP contribution in [0.1, 0.15) is 60.3 Å². The molecule has 0 amide bonds. The first-order chi connectivity index (χ1) is 17.0. The summed E-state index contributed by atoms with van der Waals surface area (Å²) in [5, 5.41) is 20.5. The summed E-state index contributed by atoms with van der Waals surface area (Å²) in [6, 6.07) is -0.733. The summed E-state index contributed by atoms with van der Waals surface area (Å²) in [4.78, 5) is 11.3. The van der Waals surface area contributed by atoms with Crippen LogP contribution in [0, 0.1) is 11.8 Å². The number of hydrogen-bond acceptors (Lipinski definition) is 7. The van der Waals surface area contributed by atoms with Crippen molar-refractivity contribution >= 4 is 5.97 Å². The Kier molecular flexibility index (Phi) is 14.8. The molecule has 6 N–H and O–H groups in total. The minimum Gasteiger partial charge on any atom is -0.469 e.